The Kier molecular flexibility index (Phi) is 4.43. The SMILES string of the molecule is CC(c1ccccc1)S(=O)(=O)Cc1ccc(C(=O)O)cc1. The van der Waals surface area contributed by atoms with Crippen molar-refractivity contribution >= 4 is 15.8 Å². The van der Waals surface area contributed by atoms with E-state index < -0.39 is 21.1 Å². The zero-order chi connectivity index (χ0) is 15.5. The monoisotopic (exact) mass is 304 g/mol. The fraction of sp³-hybridized carbons (Fsp3) is 0.188. The lowest BCUT2D eigenvalue weighted by atomic mass is 10.1. The molecule has 0 aliphatic carbocycles. The van der Waals surface area contributed by atoms with Gasteiger partial charge in [0.15, 0.2) is 9.84 Å². The van der Waals surface area contributed by atoms with Crippen molar-refractivity contribution in [3.05, 3.63) is 71.3 Å². The normalized spacial score (nSPS) is 12.8. The number of rotatable bonds is 5. The van der Waals surface area contributed by atoms with Gasteiger partial charge in [-0.05, 0) is 30.2 Å². The molecule has 21 heavy (non-hydrogen) atoms. The number of benzene rings is 2. The van der Waals surface area contributed by atoms with Crippen LogP contribution in [0.2, 0.25) is 0 Å². The first-order chi connectivity index (χ1) is 9.90. The van der Waals surface area contributed by atoms with Gasteiger partial charge in [-0.2, -0.15) is 0 Å². The highest BCUT2D eigenvalue weighted by Crippen LogP contribution is 2.25. The van der Waals surface area contributed by atoms with E-state index in [9.17, 15) is 13.2 Å². The van der Waals surface area contributed by atoms with Gasteiger partial charge in [-0.3, -0.25) is 0 Å². The number of hydrogen-bond donors (Lipinski definition) is 1. The third-order valence-corrected chi connectivity index (χ3v) is 5.46. The van der Waals surface area contributed by atoms with Gasteiger partial charge in [0, 0.05) is 0 Å². The maximum atomic E-state index is 12.4. The molecular weight excluding hydrogens is 288 g/mol. The molecule has 1 N–H and O–H groups in total. The van der Waals surface area contributed by atoms with Crippen molar-refractivity contribution in [1.82, 2.24) is 0 Å². The Morgan fingerprint density at radius 2 is 1.62 bits per heavy atom. The fourth-order valence-electron chi connectivity index (χ4n) is 2.03. The van der Waals surface area contributed by atoms with Gasteiger partial charge >= 0.3 is 5.97 Å². The second kappa shape index (κ2) is 6.10. The van der Waals surface area contributed by atoms with Crippen LogP contribution in [0.4, 0.5) is 0 Å². The molecule has 0 amide bonds. The largest absolute Gasteiger partial charge is 0.478 e. The van der Waals surface area contributed by atoms with E-state index in [0.29, 0.717) is 5.56 Å². The molecule has 0 aliphatic heterocycles. The summed E-state index contributed by atoms with van der Waals surface area (Å²) < 4.78 is 24.8. The van der Waals surface area contributed by atoms with Gasteiger partial charge in [-0.15, -0.1) is 0 Å². The Balaban J connectivity index is 2.19. The van der Waals surface area contributed by atoms with Crippen LogP contribution in [0.25, 0.3) is 0 Å². The predicted octanol–water partition coefficient (Wildman–Crippen LogP) is 3.06. The van der Waals surface area contributed by atoms with Crippen molar-refractivity contribution in [2.75, 3.05) is 0 Å². The molecule has 0 fully saturated rings. The first-order valence-electron chi connectivity index (χ1n) is 6.49. The zero-order valence-corrected chi connectivity index (χ0v) is 12.4. The van der Waals surface area contributed by atoms with E-state index in [4.69, 9.17) is 5.11 Å². The fourth-order valence-corrected chi connectivity index (χ4v) is 3.51. The smallest absolute Gasteiger partial charge is 0.335 e. The minimum absolute atomic E-state index is 0.108. The molecule has 0 saturated carbocycles. The maximum Gasteiger partial charge on any atom is 0.335 e. The summed E-state index contributed by atoms with van der Waals surface area (Å²) in [6.07, 6.45) is 0. The maximum absolute atomic E-state index is 12.4. The molecule has 110 valence electrons. The van der Waals surface area contributed by atoms with Crippen LogP contribution >= 0.6 is 0 Å². The van der Waals surface area contributed by atoms with Crippen molar-refractivity contribution in [2.24, 2.45) is 0 Å². The van der Waals surface area contributed by atoms with E-state index in [1.807, 2.05) is 18.2 Å². The van der Waals surface area contributed by atoms with Crippen LogP contribution in [-0.2, 0) is 15.6 Å². The van der Waals surface area contributed by atoms with Crippen LogP contribution in [0.5, 0.6) is 0 Å². The van der Waals surface area contributed by atoms with E-state index in [1.165, 1.54) is 12.1 Å². The predicted molar refractivity (Wildman–Crippen MR) is 80.9 cm³/mol. The summed E-state index contributed by atoms with van der Waals surface area (Å²) in [4.78, 5) is 10.8. The molecule has 1 atom stereocenters. The highest BCUT2D eigenvalue weighted by molar-refractivity contribution is 7.90. The van der Waals surface area contributed by atoms with Crippen LogP contribution in [0, 0.1) is 0 Å². The molecule has 0 radical (unpaired) electrons. The highest BCUT2D eigenvalue weighted by atomic mass is 32.2. The van der Waals surface area contributed by atoms with Gasteiger partial charge < -0.3 is 5.11 Å². The Labute approximate surface area is 124 Å². The van der Waals surface area contributed by atoms with Gasteiger partial charge in [-0.25, -0.2) is 13.2 Å². The average molecular weight is 304 g/mol. The van der Waals surface area contributed by atoms with E-state index >= 15 is 0 Å². The molecule has 4 nitrogen and oxygen atoms in total. The molecule has 0 aromatic heterocycles. The lowest BCUT2D eigenvalue weighted by Gasteiger charge is -2.13. The average Bonchev–Trinajstić information content (AvgIpc) is 2.47. The number of carboxylic acids is 1. The third-order valence-electron chi connectivity index (χ3n) is 3.38. The van der Waals surface area contributed by atoms with Crippen molar-refractivity contribution < 1.29 is 18.3 Å². The molecule has 1 unspecified atom stereocenters. The lowest BCUT2D eigenvalue weighted by Crippen LogP contribution is -2.13. The Morgan fingerprint density at radius 3 is 2.14 bits per heavy atom. The molecule has 2 aromatic carbocycles. The number of sulfone groups is 1. The summed E-state index contributed by atoms with van der Waals surface area (Å²) in [5.74, 6) is -1.13. The van der Waals surface area contributed by atoms with Crippen LogP contribution in [0.1, 0.15) is 33.7 Å². The van der Waals surface area contributed by atoms with Crippen LogP contribution < -0.4 is 0 Å². The Morgan fingerprint density at radius 1 is 1.05 bits per heavy atom. The van der Waals surface area contributed by atoms with E-state index in [1.54, 1.807) is 31.2 Å². The highest BCUT2D eigenvalue weighted by Gasteiger charge is 2.22. The van der Waals surface area contributed by atoms with E-state index in [2.05, 4.69) is 0 Å². The van der Waals surface area contributed by atoms with Crippen molar-refractivity contribution in [2.45, 2.75) is 17.9 Å². The van der Waals surface area contributed by atoms with Gasteiger partial charge in [0.1, 0.15) is 0 Å². The summed E-state index contributed by atoms with van der Waals surface area (Å²) in [5, 5.41) is 8.23. The zero-order valence-electron chi connectivity index (χ0n) is 11.6. The van der Waals surface area contributed by atoms with E-state index in [0.717, 1.165) is 5.56 Å². The van der Waals surface area contributed by atoms with Crippen LogP contribution in [-0.4, -0.2) is 19.5 Å². The number of carboxylic acid groups (broad SMARTS) is 1. The van der Waals surface area contributed by atoms with Crippen molar-refractivity contribution in [1.29, 1.82) is 0 Å². The topological polar surface area (TPSA) is 71.4 Å². The van der Waals surface area contributed by atoms with Gasteiger partial charge in [0.25, 0.3) is 0 Å². The summed E-state index contributed by atoms with van der Waals surface area (Å²) >= 11 is 0. The summed E-state index contributed by atoms with van der Waals surface area (Å²) in [6.45, 7) is 1.66. The Bertz CT molecular complexity index is 719. The summed E-state index contributed by atoms with van der Waals surface area (Å²) in [6, 6.07) is 14.9. The number of hydrogen-bond acceptors (Lipinski definition) is 3. The summed E-state index contributed by atoms with van der Waals surface area (Å²) in [7, 11) is -3.35. The lowest BCUT2D eigenvalue weighted by molar-refractivity contribution is 0.0697. The molecule has 2 aromatic rings. The van der Waals surface area contributed by atoms with Crippen molar-refractivity contribution in [3.8, 4) is 0 Å². The molecule has 5 heteroatoms. The number of aromatic carboxylic acids is 1. The van der Waals surface area contributed by atoms with Crippen LogP contribution in [0.3, 0.4) is 0 Å². The van der Waals surface area contributed by atoms with E-state index in [-0.39, 0.29) is 11.3 Å². The standard InChI is InChI=1S/C16H16O4S/c1-12(14-5-3-2-4-6-14)21(19,20)11-13-7-9-15(10-8-13)16(17)18/h2-10,12H,11H2,1H3,(H,17,18). The molecule has 0 heterocycles. The molecule has 0 aliphatic rings. The van der Waals surface area contributed by atoms with Gasteiger partial charge in [-0.1, -0.05) is 42.5 Å². The second-order valence-corrected chi connectivity index (χ2v) is 7.18. The van der Waals surface area contributed by atoms with Gasteiger partial charge in [0.2, 0.25) is 0 Å². The molecule has 0 bridgehead atoms. The minimum Gasteiger partial charge on any atom is -0.478 e. The first-order valence-corrected chi connectivity index (χ1v) is 8.20. The molecule has 2 rings (SSSR count). The van der Waals surface area contributed by atoms with Crippen LogP contribution in [0.15, 0.2) is 54.6 Å². The molecular formula is C16H16O4S. The third kappa shape index (κ3) is 3.70. The second-order valence-electron chi connectivity index (χ2n) is 4.86. The first kappa shape index (κ1) is 15.3. The molecule has 0 spiro atoms. The Hall–Kier alpha value is -2.14. The van der Waals surface area contributed by atoms with Gasteiger partial charge in [0.05, 0.1) is 16.6 Å². The minimum atomic E-state index is -3.35. The number of carbonyl (C=O) groups is 1. The van der Waals surface area contributed by atoms with Crippen molar-refractivity contribution in [3.63, 3.8) is 0 Å². The molecule has 0 saturated heterocycles. The summed E-state index contributed by atoms with van der Waals surface area (Å²) in [5.41, 5.74) is 1.48. The quantitative estimate of drug-likeness (QED) is 0.921.